The zero-order chi connectivity index (χ0) is 20.0. The smallest absolute Gasteiger partial charge is 0.307 e. The fourth-order valence-corrected chi connectivity index (χ4v) is 2.90. The van der Waals surface area contributed by atoms with Gasteiger partial charge in [-0.3, -0.25) is 24.1 Å². The molecule has 0 radical (unpaired) electrons. The molecule has 0 fully saturated rings. The Bertz CT molecular complexity index is 696. The fraction of sp³-hybridized carbons (Fsp3) is 0.474. The second-order valence-electron chi connectivity index (χ2n) is 6.30. The van der Waals surface area contributed by atoms with Gasteiger partial charge in [0.05, 0.1) is 30.3 Å². The highest BCUT2D eigenvalue weighted by Gasteiger charge is 2.35. The van der Waals surface area contributed by atoms with Crippen LogP contribution >= 0.6 is 0 Å². The summed E-state index contributed by atoms with van der Waals surface area (Å²) in [4.78, 5) is 51.1. The predicted molar refractivity (Wildman–Crippen MR) is 95.9 cm³/mol. The van der Waals surface area contributed by atoms with Crippen LogP contribution in [0.25, 0.3) is 0 Å². The number of hydrogen-bond donors (Lipinski definition) is 1. The minimum atomic E-state index is -0.768. The highest BCUT2D eigenvalue weighted by Crippen LogP contribution is 2.22. The third-order valence-corrected chi connectivity index (χ3v) is 4.16. The molecule has 1 atom stereocenters. The van der Waals surface area contributed by atoms with Crippen LogP contribution in [-0.2, 0) is 14.3 Å². The van der Waals surface area contributed by atoms with E-state index < -0.39 is 23.9 Å². The van der Waals surface area contributed by atoms with E-state index in [1.807, 2.05) is 0 Å². The Morgan fingerprint density at radius 3 is 2.26 bits per heavy atom. The number of rotatable bonds is 9. The van der Waals surface area contributed by atoms with Crippen molar-refractivity contribution in [2.75, 3.05) is 26.2 Å². The molecule has 3 amide bonds. The maximum atomic E-state index is 12.5. The Morgan fingerprint density at radius 2 is 1.74 bits per heavy atom. The van der Waals surface area contributed by atoms with Crippen LogP contribution in [0.15, 0.2) is 24.3 Å². The molecule has 1 aliphatic heterocycles. The standard InChI is InChI=1S/C19H24N2O6/c1-3-27-17(24)9-10-20(12-13(2)22)16(23)8-11-21-18(25)14-6-4-5-7-15(14)19(21)26/h4-7,13,22H,3,8-12H2,1-2H3. The van der Waals surface area contributed by atoms with Gasteiger partial charge in [0.1, 0.15) is 0 Å². The van der Waals surface area contributed by atoms with Crippen molar-refractivity contribution in [2.45, 2.75) is 32.8 Å². The minimum absolute atomic E-state index is 0.0132. The van der Waals surface area contributed by atoms with Crippen molar-refractivity contribution < 1.29 is 29.0 Å². The Labute approximate surface area is 157 Å². The maximum Gasteiger partial charge on any atom is 0.307 e. The lowest BCUT2D eigenvalue weighted by atomic mass is 10.1. The van der Waals surface area contributed by atoms with E-state index in [1.165, 1.54) is 11.8 Å². The zero-order valence-electron chi connectivity index (χ0n) is 15.5. The molecule has 0 saturated carbocycles. The van der Waals surface area contributed by atoms with Crippen LogP contribution in [0.2, 0.25) is 0 Å². The van der Waals surface area contributed by atoms with Gasteiger partial charge >= 0.3 is 5.97 Å². The van der Waals surface area contributed by atoms with Gasteiger partial charge in [-0.15, -0.1) is 0 Å². The summed E-state index contributed by atoms with van der Waals surface area (Å²) >= 11 is 0. The summed E-state index contributed by atoms with van der Waals surface area (Å²) in [6.45, 7) is 3.59. The monoisotopic (exact) mass is 376 g/mol. The molecule has 0 spiro atoms. The minimum Gasteiger partial charge on any atom is -0.466 e. The molecular formula is C19H24N2O6. The second-order valence-corrected chi connectivity index (χ2v) is 6.30. The van der Waals surface area contributed by atoms with E-state index in [9.17, 15) is 24.3 Å². The summed E-state index contributed by atoms with van der Waals surface area (Å²) in [5.41, 5.74) is 0.663. The molecule has 0 bridgehead atoms. The van der Waals surface area contributed by atoms with Crippen molar-refractivity contribution in [3.05, 3.63) is 35.4 Å². The molecule has 1 aromatic rings. The third kappa shape index (κ3) is 5.13. The number of aliphatic hydroxyl groups excluding tert-OH is 1. The lowest BCUT2D eigenvalue weighted by Crippen LogP contribution is -2.40. The molecule has 0 aromatic heterocycles. The van der Waals surface area contributed by atoms with Gasteiger partial charge in [0.2, 0.25) is 5.91 Å². The van der Waals surface area contributed by atoms with Crippen LogP contribution < -0.4 is 0 Å². The maximum absolute atomic E-state index is 12.5. The van der Waals surface area contributed by atoms with E-state index in [0.29, 0.717) is 11.1 Å². The van der Waals surface area contributed by atoms with Crippen LogP contribution in [0.5, 0.6) is 0 Å². The highest BCUT2D eigenvalue weighted by molar-refractivity contribution is 6.21. The van der Waals surface area contributed by atoms with E-state index >= 15 is 0 Å². The van der Waals surface area contributed by atoms with Crippen molar-refractivity contribution in [2.24, 2.45) is 0 Å². The first-order valence-electron chi connectivity index (χ1n) is 8.91. The van der Waals surface area contributed by atoms with Crippen molar-refractivity contribution in [1.29, 1.82) is 0 Å². The molecular weight excluding hydrogens is 352 g/mol. The third-order valence-electron chi connectivity index (χ3n) is 4.16. The number of nitrogens with zero attached hydrogens (tertiary/aromatic N) is 2. The number of fused-ring (bicyclic) bond motifs is 1. The van der Waals surface area contributed by atoms with Crippen LogP contribution in [0.1, 0.15) is 47.4 Å². The first-order chi connectivity index (χ1) is 12.8. The van der Waals surface area contributed by atoms with Gasteiger partial charge in [-0.2, -0.15) is 0 Å². The number of benzene rings is 1. The van der Waals surface area contributed by atoms with Gasteiger partial charge in [-0.1, -0.05) is 12.1 Å². The number of carbonyl (C=O) groups excluding carboxylic acids is 4. The number of hydrogen-bond acceptors (Lipinski definition) is 6. The van der Waals surface area contributed by atoms with Crippen LogP contribution in [0.3, 0.4) is 0 Å². The van der Waals surface area contributed by atoms with Crippen LogP contribution in [0, 0.1) is 0 Å². The summed E-state index contributed by atoms with van der Waals surface area (Å²) in [5, 5.41) is 9.59. The van der Waals surface area contributed by atoms with Crippen LogP contribution in [-0.4, -0.2) is 70.9 Å². The molecule has 8 nitrogen and oxygen atoms in total. The topological polar surface area (TPSA) is 104 Å². The summed E-state index contributed by atoms with van der Waals surface area (Å²) in [7, 11) is 0. The highest BCUT2D eigenvalue weighted by atomic mass is 16.5. The van der Waals surface area contributed by atoms with E-state index in [0.717, 1.165) is 4.90 Å². The van der Waals surface area contributed by atoms with E-state index in [-0.39, 0.29) is 45.0 Å². The molecule has 1 aromatic carbocycles. The molecule has 1 unspecified atom stereocenters. The van der Waals surface area contributed by atoms with Crippen molar-refractivity contribution in [1.82, 2.24) is 9.80 Å². The number of carbonyl (C=O) groups is 4. The number of imide groups is 1. The normalized spacial score (nSPS) is 14.1. The molecule has 1 heterocycles. The van der Waals surface area contributed by atoms with Crippen molar-refractivity contribution in [3.63, 3.8) is 0 Å². The molecule has 1 aliphatic rings. The van der Waals surface area contributed by atoms with Gasteiger partial charge < -0.3 is 14.7 Å². The van der Waals surface area contributed by atoms with Gasteiger partial charge in [-0.25, -0.2) is 0 Å². The molecule has 0 aliphatic carbocycles. The molecule has 8 heteroatoms. The molecule has 146 valence electrons. The van der Waals surface area contributed by atoms with E-state index in [2.05, 4.69) is 0 Å². The Hall–Kier alpha value is -2.74. The van der Waals surface area contributed by atoms with E-state index in [1.54, 1.807) is 31.2 Å². The lowest BCUT2D eigenvalue weighted by molar-refractivity contribution is -0.144. The van der Waals surface area contributed by atoms with Gasteiger partial charge in [0.15, 0.2) is 0 Å². The Balaban J connectivity index is 1.96. The number of esters is 1. The second kappa shape index (κ2) is 9.27. The Morgan fingerprint density at radius 1 is 1.15 bits per heavy atom. The first-order valence-corrected chi connectivity index (χ1v) is 8.91. The van der Waals surface area contributed by atoms with E-state index in [4.69, 9.17) is 4.74 Å². The Kier molecular flexibility index (Phi) is 7.06. The SMILES string of the molecule is CCOC(=O)CCN(CC(C)O)C(=O)CCN1C(=O)c2ccccc2C1=O. The summed E-state index contributed by atoms with van der Waals surface area (Å²) in [5.74, 6) is -1.62. The van der Waals surface area contributed by atoms with Gasteiger partial charge in [-0.05, 0) is 26.0 Å². The predicted octanol–water partition coefficient (Wildman–Crippen LogP) is 0.835. The van der Waals surface area contributed by atoms with Crippen LogP contribution in [0.4, 0.5) is 0 Å². The number of aliphatic hydroxyl groups is 1. The lowest BCUT2D eigenvalue weighted by Gasteiger charge is -2.24. The molecule has 1 N–H and O–H groups in total. The molecule has 2 rings (SSSR count). The molecule has 0 saturated heterocycles. The number of amides is 3. The largest absolute Gasteiger partial charge is 0.466 e. The summed E-state index contributed by atoms with van der Waals surface area (Å²) < 4.78 is 4.85. The first kappa shape index (κ1) is 20.6. The quantitative estimate of drug-likeness (QED) is 0.506. The fourth-order valence-electron chi connectivity index (χ4n) is 2.90. The summed E-state index contributed by atoms with van der Waals surface area (Å²) in [6.07, 6.45) is -0.837. The van der Waals surface area contributed by atoms with Crippen molar-refractivity contribution in [3.8, 4) is 0 Å². The molecule has 27 heavy (non-hydrogen) atoms. The summed E-state index contributed by atoms with van der Waals surface area (Å²) in [6, 6.07) is 6.52. The van der Waals surface area contributed by atoms with Gasteiger partial charge in [0.25, 0.3) is 11.8 Å². The average molecular weight is 376 g/mol. The van der Waals surface area contributed by atoms with Crippen molar-refractivity contribution >= 4 is 23.7 Å². The number of ether oxygens (including phenoxy) is 1. The van der Waals surface area contributed by atoms with Gasteiger partial charge in [0, 0.05) is 26.1 Å². The average Bonchev–Trinajstić information content (AvgIpc) is 2.87. The zero-order valence-corrected chi connectivity index (χ0v) is 15.5.